The molecule has 2 aromatic heterocycles. The number of carbonyl (C=O) groups excluding carboxylic acids is 2. The van der Waals surface area contributed by atoms with Gasteiger partial charge in [-0.15, -0.1) is 0 Å². The topological polar surface area (TPSA) is 120 Å². The average molecular weight is 811 g/mol. The van der Waals surface area contributed by atoms with Crippen molar-refractivity contribution < 1.29 is 35.9 Å². The van der Waals surface area contributed by atoms with E-state index in [1.165, 1.54) is 15.4 Å². The van der Waals surface area contributed by atoms with Gasteiger partial charge >= 0.3 is 12.4 Å². The molecule has 52 heavy (non-hydrogen) atoms. The van der Waals surface area contributed by atoms with Crippen molar-refractivity contribution in [1.29, 1.82) is 0 Å². The number of benzene rings is 2. The highest BCUT2D eigenvalue weighted by Gasteiger charge is 2.37. The molecule has 19 heteroatoms. The van der Waals surface area contributed by atoms with Gasteiger partial charge in [-0.3, -0.25) is 14.9 Å². The van der Waals surface area contributed by atoms with Crippen LogP contribution >= 0.6 is 47.0 Å². The molecule has 2 aliphatic rings. The highest BCUT2D eigenvalue weighted by molar-refractivity contribution is 7.80. The SMILES string of the molecule is Nc1cc(C(F)(F)F)nn1C1CCCC1.O=C(Cl)c1ccc(Cl)cc1.O=C(NC(=S)Nc1cc(C(F)(F)F)nn1C1CCCC1)c1cccc(Cl)c1. The molecule has 9 nitrogen and oxygen atoms in total. The molecule has 0 saturated heterocycles. The minimum atomic E-state index is -4.56. The van der Waals surface area contributed by atoms with Crippen LogP contribution in [0.4, 0.5) is 38.0 Å². The molecule has 1 amide bonds. The van der Waals surface area contributed by atoms with Crippen LogP contribution in [0.15, 0.2) is 60.7 Å². The maximum atomic E-state index is 13.1. The third-order valence-corrected chi connectivity index (χ3v) is 8.96. The number of nitrogen functional groups attached to an aromatic ring is 1. The number of hydrogen-bond donors (Lipinski definition) is 3. The lowest BCUT2D eigenvalue weighted by atomic mass is 10.2. The summed E-state index contributed by atoms with van der Waals surface area (Å²) in [5.74, 6) is -0.308. The molecule has 2 heterocycles. The Hall–Kier alpha value is -3.86. The van der Waals surface area contributed by atoms with Crippen molar-refractivity contribution in [2.45, 2.75) is 75.8 Å². The Balaban J connectivity index is 0.000000201. The summed E-state index contributed by atoms with van der Waals surface area (Å²) in [5.41, 5.74) is 4.37. The number of thiocarbonyl (C=S) groups is 1. The molecule has 0 unspecified atom stereocenters. The van der Waals surface area contributed by atoms with Crippen molar-refractivity contribution in [1.82, 2.24) is 24.9 Å². The molecule has 280 valence electrons. The summed E-state index contributed by atoms with van der Waals surface area (Å²) in [4.78, 5) is 22.7. The van der Waals surface area contributed by atoms with E-state index in [1.807, 2.05) is 0 Å². The fourth-order valence-electron chi connectivity index (χ4n) is 5.58. The second-order valence-corrected chi connectivity index (χ2v) is 13.5. The Morgan fingerprint density at radius 2 is 1.27 bits per heavy atom. The second kappa shape index (κ2) is 17.8. The normalized spacial score (nSPS) is 14.9. The number of aromatic nitrogens is 4. The minimum absolute atomic E-state index is 0.0427. The molecule has 0 atom stereocenters. The lowest BCUT2D eigenvalue weighted by molar-refractivity contribution is -0.142. The molecule has 4 N–H and O–H groups in total. The van der Waals surface area contributed by atoms with Crippen molar-refractivity contribution >= 4 is 74.9 Å². The van der Waals surface area contributed by atoms with Crippen LogP contribution in [-0.4, -0.2) is 35.8 Å². The summed E-state index contributed by atoms with van der Waals surface area (Å²) < 4.78 is 78.8. The van der Waals surface area contributed by atoms with Gasteiger partial charge in [-0.2, -0.15) is 36.5 Å². The molecule has 0 spiro atoms. The van der Waals surface area contributed by atoms with Gasteiger partial charge in [0.05, 0.1) is 12.1 Å². The molecule has 2 saturated carbocycles. The number of amides is 1. The smallest absolute Gasteiger partial charge is 0.384 e. The molecule has 6 rings (SSSR count). The molecule has 2 fully saturated rings. The first-order valence-corrected chi connectivity index (χ1v) is 17.4. The first-order valence-electron chi connectivity index (χ1n) is 15.8. The average Bonchev–Trinajstić information content (AvgIpc) is 3.89. The number of anilines is 2. The molecule has 2 aliphatic carbocycles. The predicted molar refractivity (Wildman–Crippen MR) is 191 cm³/mol. The first kappa shape index (κ1) is 40.9. The van der Waals surface area contributed by atoms with Gasteiger partial charge in [0, 0.05) is 33.3 Å². The van der Waals surface area contributed by atoms with Crippen molar-refractivity contribution in [3.8, 4) is 0 Å². The number of hydrogen-bond acceptors (Lipinski definition) is 6. The van der Waals surface area contributed by atoms with E-state index in [9.17, 15) is 35.9 Å². The number of carbonyl (C=O) groups is 2. The van der Waals surface area contributed by atoms with Crippen LogP contribution in [0.25, 0.3) is 0 Å². The monoisotopic (exact) mass is 809 g/mol. The summed E-state index contributed by atoms with van der Waals surface area (Å²) in [5, 5.41) is 12.7. The van der Waals surface area contributed by atoms with E-state index >= 15 is 0 Å². The Morgan fingerprint density at radius 1 is 0.750 bits per heavy atom. The standard InChI is InChI=1S/C17H16ClF3N4OS.C9H12F3N3.C7H4Cl2O/c18-11-5-3-4-10(8-11)15(26)23-16(27)22-14-9-13(17(19,20)21)24-25(14)12-6-1-2-7-12;10-9(11,12)7-5-8(13)15(14-7)6-3-1-2-4-6;8-6-3-1-5(2-4-6)7(9)10/h3-5,8-9,12H,1-2,6-7H2,(H2,22,23,26,27);5-6H,1-4,13H2;1-4H. The summed E-state index contributed by atoms with van der Waals surface area (Å²) >= 11 is 21.7. The van der Waals surface area contributed by atoms with Gasteiger partial charge in [0.2, 0.25) is 0 Å². The van der Waals surface area contributed by atoms with Crippen LogP contribution in [0.5, 0.6) is 0 Å². The molecule has 0 aliphatic heterocycles. The van der Waals surface area contributed by atoms with E-state index < -0.39 is 34.9 Å². The van der Waals surface area contributed by atoms with Crippen LogP contribution in [0.2, 0.25) is 10.0 Å². The zero-order chi connectivity index (χ0) is 38.2. The van der Waals surface area contributed by atoms with E-state index in [2.05, 4.69) is 20.8 Å². The van der Waals surface area contributed by atoms with E-state index in [0.29, 0.717) is 15.6 Å². The molecule has 2 aromatic carbocycles. The largest absolute Gasteiger partial charge is 0.435 e. The van der Waals surface area contributed by atoms with Gasteiger partial charge in [0.15, 0.2) is 16.5 Å². The first-order chi connectivity index (χ1) is 24.4. The molecule has 0 bridgehead atoms. The summed E-state index contributed by atoms with van der Waals surface area (Å²) in [6.07, 6.45) is -1.82. The maximum absolute atomic E-state index is 13.1. The lowest BCUT2D eigenvalue weighted by Crippen LogP contribution is -2.34. The zero-order valence-corrected chi connectivity index (χ0v) is 30.2. The molecule has 0 radical (unpaired) electrons. The fraction of sp³-hybridized carbons (Fsp3) is 0.364. The van der Waals surface area contributed by atoms with Gasteiger partial charge in [-0.1, -0.05) is 55.0 Å². The third kappa shape index (κ3) is 11.6. The highest BCUT2D eigenvalue weighted by atomic mass is 35.5. The van der Waals surface area contributed by atoms with E-state index in [4.69, 9.17) is 52.8 Å². The van der Waals surface area contributed by atoms with Gasteiger partial charge in [-0.05, 0) is 92.0 Å². The minimum Gasteiger partial charge on any atom is -0.384 e. The van der Waals surface area contributed by atoms with E-state index in [0.717, 1.165) is 63.5 Å². The Labute approximate surface area is 314 Å². The zero-order valence-electron chi connectivity index (χ0n) is 27.1. The predicted octanol–water partition coefficient (Wildman–Crippen LogP) is 10.1. The van der Waals surface area contributed by atoms with Crippen LogP contribution in [0.3, 0.4) is 0 Å². The molecular formula is C33H32Cl3F6N7O2S. The van der Waals surface area contributed by atoms with Crippen LogP contribution in [0.1, 0.15) is 95.6 Å². The number of alkyl halides is 6. The number of nitrogens with zero attached hydrogens (tertiary/aromatic N) is 4. The number of halogens is 9. The summed E-state index contributed by atoms with van der Waals surface area (Å²) in [6, 6.07) is 14.4. The Kier molecular flexibility index (Phi) is 14.0. The maximum Gasteiger partial charge on any atom is 0.435 e. The number of nitrogens with one attached hydrogen (secondary N) is 2. The van der Waals surface area contributed by atoms with Crippen LogP contribution in [0, 0.1) is 0 Å². The summed E-state index contributed by atoms with van der Waals surface area (Å²) in [6.45, 7) is 0. The van der Waals surface area contributed by atoms with Crippen LogP contribution < -0.4 is 16.4 Å². The molecule has 4 aromatic rings. The van der Waals surface area contributed by atoms with Crippen molar-refractivity contribution in [2.24, 2.45) is 0 Å². The fourth-order valence-corrected chi connectivity index (χ4v) is 6.22. The highest BCUT2D eigenvalue weighted by Crippen LogP contribution is 2.37. The Bertz CT molecular complexity index is 1850. The number of nitrogens with two attached hydrogens (primary N) is 1. The van der Waals surface area contributed by atoms with Crippen molar-refractivity contribution in [3.05, 3.63) is 93.2 Å². The summed E-state index contributed by atoms with van der Waals surface area (Å²) in [7, 11) is 0. The number of rotatable bonds is 5. The Morgan fingerprint density at radius 3 is 1.77 bits per heavy atom. The van der Waals surface area contributed by atoms with Gasteiger partial charge in [0.25, 0.3) is 11.1 Å². The van der Waals surface area contributed by atoms with E-state index in [-0.39, 0.29) is 34.4 Å². The second-order valence-electron chi connectivity index (χ2n) is 11.8. The van der Waals surface area contributed by atoms with Crippen molar-refractivity contribution in [2.75, 3.05) is 11.1 Å². The van der Waals surface area contributed by atoms with E-state index in [1.54, 1.807) is 42.5 Å². The van der Waals surface area contributed by atoms with Crippen LogP contribution in [-0.2, 0) is 12.4 Å². The third-order valence-electron chi connectivity index (χ3n) is 8.05. The van der Waals surface area contributed by atoms with Gasteiger partial charge in [0.1, 0.15) is 11.6 Å². The molecular weight excluding hydrogens is 779 g/mol. The lowest BCUT2D eigenvalue weighted by Gasteiger charge is -2.16. The van der Waals surface area contributed by atoms with Gasteiger partial charge < -0.3 is 11.1 Å². The van der Waals surface area contributed by atoms with Crippen molar-refractivity contribution in [3.63, 3.8) is 0 Å². The quantitative estimate of drug-likeness (QED) is 0.104. The van der Waals surface area contributed by atoms with Gasteiger partial charge in [-0.25, -0.2) is 9.36 Å².